The van der Waals surface area contributed by atoms with Crippen LogP contribution < -0.4 is 5.73 Å². The van der Waals surface area contributed by atoms with E-state index >= 15 is 0 Å². The van der Waals surface area contributed by atoms with Gasteiger partial charge in [-0.25, -0.2) is 0 Å². The Hall–Kier alpha value is -0.250. The molecule has 1 rings (SSSR count). The lowest BCUT2D eigenvalue weighted by Gasteiger charge is -1.92. The van der Waals surface area contributed by atoms with E-state index in [1.165, 1.54) is 0 Å². The van der Waals surface area contributed by atoms with Crippen LogP contribution in [0.15, 0.2) is 0 Å². The first kappa shape index (κ1) is 10.8. The van der Waals surface area contributed by atoms with Crippen LogP contribution in [0.5, 0.6) is 0 Å². The van der Waals surface area contributed by atoms with E-state index in [-0.39, 0.29) is 12.4 Å². The predicted octanol–water partition coefficient (Wildman–Crippen LogP) is 1.26. The van der Waals surface area contributed by atoms with Crippen molar-refractivity contribution in [3.8, 4) is 0 Å². The monoisotopic (exact) mass is 195 g/mol. The molecule has 0 atom stereocenters. The summed E-state index contributed by atoms with van der Waals surface area (Å²) in [5.74, 6) is 0. The Morgan fingerprint density at radius 3 is 2.36 bits per heavy atom. The minimum Gasteiger partial charge on any atom is -0.326 e. The molecule has 11 heavy (non-hydrogen) atoms. The van der Waals surface area contributed by atoms with Crippen LogP contribution >= 0.6 is 24.0 Å². The second-order valence-electron chi connectivity index (χ2n) is 2.18. The number of nitrogens with zero attached hydrogens (tertiary/aromatic N) is 2. The summed E-state index contributed by atoms with van der Waals surface area (Å²) in [6, 6.07) is 0. The van der Waals surface area contributed by atoms with Crippen LogP contribution in [0.25, 0.3) is 0 Å². The molecule has 0 amide bonds. The van der Waals surface area contributed by atoms with Crippen LogP contribution in [0.4, 0.5) is 0 Å². The molecule has 0 radical (unpaired) electrons. The second kappa shape index (κ2) is 3.95. The molecule has 0 aliphatic carbocycles. The van der Waals surface area contributed by atoms with Gasteiger partial charge < -0.3 is 5.73 Å². The minimum absolute atomic E-state index is 0. The van der Waals surface area contributed by atoms with Crippen molar-refractivity contribution < 1.29 is 0 Å². The minimum atomic E-state index is 0. The largest absolute Gasteiger partial charge is 0.326 e. The maximum atomic E-state index is 5.83. The average molecular weight is 196 g/mol. The molecule has 0 spiro atoms. The third kappa shape index (κ3) is 1.86. The van der Waals surface area contributed by atoms with Gasteiger partial charge in [0.15, 0.2) is 0 Å². The summed E-state index contributed by atoms with van der Waals surface area (Å²) >= 11 is 5.83. The van der Waals surface area contributed by atoms with Gasteiger partial charge >= 0.3 is 0 Å². The maximum absolute atomic E-state index is 5.83. The number of rotatable bonds is 1. The van der Waals surface area contributed by atoms with Gasteiger partial charge in [0.1, 0.15) is 5.15 Å². The van der Waals surface area contributed by atoms with E-state index in [1.54, 1.807) is 11.7 Å². The molecule has 3 nitrogen and oxygen atoms in total. The van der Waals surface area contributed by atoms with Gasteiger partial charge in [-0.15, -0.1) is 12.4 Å². The number of aryl methyl sites for hydroxylation is 2. The highest BCUT2D eigenvalue weighted by Gasteiger charge is 2.07. The van der Waals surface area contributed by atoms with E-state index in [4.69, 9.17) is 17.3 Å². The first-order chi connectivity index (χ1) is 4.66. The Morgan fingerprint density at radius 1 is 1.64 bits per heavy atom. The molecule has 0 aliphatic heterocycles. The zero-order chi connectivity index (χ0) is 7.72. The summed E-state index contributed by atoms with van der Waals surface area (Å²) in [7, 11) is 1.80. The molecule has 0 aromatic carbocycles. The Kier molecular flexibility index (Phi) is 3.86. The van der Waals surface area contributed by atoms with Gasteiger partial charge in [0.25, 0.3) is 0 Å². The lowest BCUT2D eigenvalue weighted by molar-refractivity contribution is 0.757. The fourth-order valence-electron chi connectivity index (χ4n) is 0.906. The van der Waals surface area contributed by atoms with Crippen LogP contribution in [0, 0.1) is 6.92 Å². The van der Waals surface area contributed by atoms with Gasteiger partial charge in [-0.1, -0.05) is 11.6 Å². The Balaban J connectivity index is 0.000001000. The molecule has 1 aromatic heterocycles. The molecule has 0 saturated heterocycles. The van der Waals surface area contributed by atoms with Crippen molar-refractivity contribution in [1.82, 2.24) is 9.78 Å². The van der Waals surface area contributed by atoms with Crippen LogP contribution in [0.1, 0.15) is 11.3 Å². The molecule has 0 bridgehead atoms. The molecular weight excluding hydrogens is 185 g/mol. The lowest BCUT2D eigenvalue weighted by atomic mass is 10.3. The SMILES string of the molecule is Cc1nn(C)c(Cl)c1CN.Cl. The maximum Gasteiger partial charge on any atom is 0.131 e. The highest BCUT2D eigenvalue weighted by atomic mass is 35.5. The summed E-state index contributed by atoms with van der Waals surface area (Å²) in [4.78, 5) is 0. The molecule has 1 aromatic rings. The highest BCUT2D eigenvalue weighted by Crippen LogP contribution is 2.16. The fourth-order valence-corrected chi connectivity index (χ4v) is 1.16. The van der Waals surface area contributed by atoms with E-state index in [1.807, 2.05) is 6.92 Å². The van der Waals surface area contributed by atoms with Crippen molar-refractivity contribution in [2.45, 2.75) is 13.5 Å². The van der Waals surface area contributed by atoms with E-state index in [9.17, 15) is 0 Å². The van der Waals surface area contributed by atoms with Crippen LogP contribution in [-0.4, -0.2) is 9.78 Å². The zero-order valence-electron chi connectivity index (χ0n) is 6.47. The zero-order valence-corrected chi connectivity index (χ0v) is 8.04. The Morgan fingerprint density at radius 2 is 2.18 bits per heavy atom. The molecule has 0 fully saturated rings. The van der Waals surface area contributed by atoms with E-state index in [0.29, 0.717) is 11.7 Å². The second-order valence-corrected chi connectivity index (χ2v) is 2.54. The summed E-state index contributed by atoms with van der Waals surface area (Å²) in [6.07, 6.45) is 0. The van der Waals surface area contributed by atoms with Crippen molar-refractivity contribution in [3.05, 3.63) is 16.4 Å². The number of nitrogens with two attached hydrogens (primary N) is 1. The smallest absolute Gasteiger partial charge is 0.131 e. The predicted molar refractivity (Wildman–Crippen MR) is 48.1 cm³/mol. The highest BCUT2D eigenvalue weighted by molar-refractivity contribution is 6.30. The quantitative estimate of drug-likeness (QED) is 0.734. The van der Waals surface area contributed by atoms with Gasteiger partial charge in [0.05, 0.1) is 5.69 Å². The van der Waals surface area contributed by atoms with Crippen molar-refractivity contribution in [1.29, 1.82) is 0 Å². The summed E-state index contributed by atoms with van der Waals surface area (Å²) < 4.78 is 1.62. The number of halogens is 2. The van der Waals surface area contributed by atoms with Crippen molar-refractivity contribution >= 4 is 24.0 Å². The molecule has 0 saturated carbocycles. The van der Waals surface area contributed by atoms with E-state index in [2.05, 4.69) is 5.10 Å². The first-order valence-electron chi connectivity index (χ1n) is 3.05. The lowest BCUT2D eigenvalue weighted by Crippen LogP contribution is -1.97. The fraction of sp³-hybridized carbons (Fsp3) is 0.500. The molecule has 0 aliphatic rings. The third-order valence-corrected chi connectivity index (χ3v) is 1.95. The third-order valence-electron chi connectivity index (χ3n) is 1.47. The summed E-state index contributed by atoms with van der Waals surface area (Å²) in [5, 5.41) is 4.73. The van der Waals surface area contributed by atoms with Crippen molar-refractivity contribution in [3.63, 3.8) is 0 Å². The Labute approximate surface area is 76.9 Å². The number of hydrogen-bond acceptors (Lipinski definition) is 2. The van der Waals surface area contributed by atoms with Crippen LogP contribution in [-0.2, 0) is 13.6 Å². The normalized spacial score (nSPS) is 9.45. The molecule has 64 valence electrons. The van der Waals surface area contributed by atoms with Gasteiger partial charge in [-0.3, -0.25) is 4.68 Å². The first-order valence-corrected chi connectivity index (χ1v) is 3.42. The van der Waals surface area contributed by atoms with Crippen molar-refractivity contribution in [2.24, 2.45) is 12.8 Å². The van der Waals surface area contributed by atoms with Crippen molar-refractivity contribution in [2.75, 3.05) is 0 Å². The summed E-state index contributed by atoms with van der Waals surface area (Å²) in [5.41, 5.74) is 7.27. The van der Waals surface area contributed by atoms with Gasteiger partial charge in [-0.05, 0) is 6.92 Å². The molecule has 5 heteroatoms. The van der Waals surface area contributed by atoms with Gasteiger partial charge in [0, 0.05) is 19.2 Å². The molecule has 2 N–H and O–H groups in total. The molecule has 1 heterocycles. The Bertz CT molecular complexity index is 244. The standard InChI is InChI=1S/C6H10ClN3.ClH/c1-4-5(3-8)6(7)10(2)9-4;/h3,8H2,1-2H3;1H. The summed E-state index contributed by atoms with van der Waals surface area (Å²) in [6.45, 7) is 2.35. The van der Waals surface area contributed by atoms with Gasteiger partial charge in [0.2, 0.25) is 0 Å². The van der Waals surface area contributed by atoms with Crippen LogP contribution in [0.3, 0.4) is 0 Å². The molecular formula is C6H11Cl2N3. The number of aromatic nitrogens is 2. The number of hydrogen-bond donors (Lipinski definition) is 1. The van der Waals surface area contributed by atoms with Crippen LogP contribution in [0.2, 0.25) is 5.15 Å². The van der Waals surface area contributed by atoms with E-state index in [0.717, 1.165) is 11.3 Å². The van der Waals surface area contributed by atoms with Gasteiger partial charge in [-0.2, -0.15) is 5.10 Å². The topological polar surface area (TPSA) is 43.8 Å². The average Bonchev–Trinajstić information content (AvgIpc) is 2.09. The van der Waals surface area contributed by atoms with E-state index < -0.39 is 0 Å². The molecule has 0 unspecified atom stereocenters.